The molecule has 0 aliphatic rings. The summed E-state index contributed by atoms with van der Waals surface area (Å²) in [6, 6.07) is 10.8. The second-order valence-corrected chi connectivity index (χ2v) is 8.45. The molecule has 1 unspecified atom stereocenters. The third-order valence-corrected chi connectivity index (χ3v) is 5.37. The number of carbonyl (C=O) groups is 1. The fourth-order valence-corrected chi connectivity index (χ4v) is 4.40. The van der Waals surface area contributed by atoms with Gasteiger partial charge in [-0.2, -0.15) is 5.26 Å². The average Bonchev–Trinajstić information content (AvgIpc) is 2.44. The molecule has 7 heteroatoms. The number of aliphatic carboxylic acids is 1. The lowest BCUT2D eigenvalue weighted by molar-refractivity contribution is -0.137. The summed E-state index contributed by atoms with van der Waals surface area (Å²) in [4.78, 5) is 10.8. The van der Waals surface area contributed by atoms with Crippen LogP contribution in [0.5, 0.6) is 0 Å². The van der Waals surface area contributed by atoms with Crippen molar-refractivity contribution in [3.63, 3.8) is 0 Å². The number of benzene rings is 1. The van der Waals surface area contributed by atoms with Gasteiger partial charge in [0.05, 0.1) is 11.8 Å². The molecule has 0 bridgehead atoms. The van der Waals surface area contributed by atoms with Crippen molar-refractivity contribution in [3.8, 4) is 6.07 Å². The molecule has 1 aromatic carbocycles. The lowest BCUT2D eigenvalue weighted by Crippen LogP contribution is -2.41. The van der Waals surface area contributed by atoms with Crippen LogP contribution in [0.25, 0.3) is 0 Å². The zero-order chi connectivity index (χ0) is 18.2. The van der Waals surface area contributed by atoms with E-state index in [2.05, 4.69) is 4.72 Å². The highest BCUT2D eigenvalue weighted by molar-refractivity contribution is 7.89. The van der Waals surface area contributed by atoms with Gasteiger partial charge >= 0.3 is 5.97 Å². The number of nitrogens with one attached hydrogen (secondary N) is 1. The first-order chi connectivity index (χ1) is 11.1. The molecule has 0 saturated heterocycles. The number of carboxylic acids is 1. The van der Waals surface area contributed by atoms with Crippen LogP contribution in [0.2, 0.25) is 0 Å². The predicted octanol–water partition coefficient (Wildman–Crippen LogP) is 2.32. The van der Waals surface area contributed by atoms with Gasteiger partial charge in [-0.3, -0.25) is 4.79 Å². The minimum Gasteiger partial charge on any atom is -0.481 e. The Kier molecular flexibility index (Phi) is 7.39. The predicted molar refractivity (Wildman–Crippen MR) is 91.7 cm³/mol. The second kappa shape index (κ2) is 8.81. The molecule has 132 valence electrons. The van der Waals surface area contributed by atoms with Crippen LogP contribution in [-0.2, 0) is 21.2 Å². The third-order valence-electron chi connectivity index (χ3n) is 3.52. The normalized spacial score (nSPS) is 13.2. The molecule has 1 rings (SSSR count). The van der Waals surface area contributed by atoms with Crippen molar-refractivity contribution in [1.29, 1.82) is 5.26 Å². The molecule has 0 fully saturated rings. The van der Waals surface area contributed by atoms with E-state index in [0.717, 1.165) is 5.56 Å². The monoisotopic (exact) mass is 352 g/mol. The Morgan fingerprint density at radius 2 is 1.96 bits per heavy atom. The fourth-order valence-electron chi connectivity index (χ4n) is 2.47. The van der Waals surface area contributed by atoms with Crippen molar-refractivity contribution >= 4 is 16.0 Å². The maximum absolute atomic E-state index is 12.4. The second-order valence-electron chi connectivity index (χ2n) is 6.70. The first-order valence-corrected chi connectivity index (χ1v) is 9.41. The molecule has 6 nitrogen and oxygen atoms in total. The Labute approximate surface area is 143 Å². The summed E-state index contributed by atoms with van der Waals surface area (Å²) in [5.41, 5.74) is 0.275. The van der Waals surface area contributed by atoms with Gasteiger partial charge in [0.25, 0.3) is 0 Å². The molecule has 1 atom stereocenters. The van der Waals surface area contributed by atoms with E-state index < -0.39 is 27.4 Å². The first kappa shape index (κ1) is 20.1. The molecule has 0 aromatic heterocycles. The van der Waals surface area contributed by atoms with Crippen LogP contribution in [0.15, 0.2) is 30.3 Å². The van der Waals surface area contributed by atoms with E-state index in [1.807, 2.05) is 36.4 Å². The van der Waals surface area contributed by atoms with Crippen LogP contribution in [-0.4, -0.2) is 31.3 Å². The average molecular weight is 352 g/mol. The van der Waals surface area contributed by atoms with E-state index in [1.54, 1.807) is 13.8 Å². The van der Waals surface area contributed by atoms with E-state index in [-0.39, 0.29) is 25.0 Å². The van der Waals surface area contributed by atoms with Gasteiger partial charge in [0.2, 0.25) is 10.0 Å². The van der Waals surface area contributed by atoms with Crippen molar-refractivity contribution in [2.45, 2.75) is 45.6 Å². The smallest absolute Gasteiger partial charge is 0.303 e. The van der Waals surface area contributed by atoms with Crippen molar-refractivity contribution in [2.75, 3.05) is 5.75 Å². The van der Waals surface area contributed by atoms with E-state index in [1.165, 1.54) is 0 Å². The molecule has 24 heavy (non-hydrogen) atoms. The van der Waals surface area contributed by atoms with E-state index in [9.17, 15) is 13.2 Å². The molecular weight excluding hydrogens is 328 g/mol. The number of nitriles is 1. The zero-order valence-electron chi connectivity index (χ0n) is 14.0. The molecule has 0 radical (unpaired) electrons. The molecule has 2 N–H and O–H groups in total. The number of rotatable bonds is 10. The number of hydrogen-bond acceptors (Lipinski definition) is 4. The lowest BCUT2D eigenvalue weighted by Gasteiger charge is -2.24. The van der Waals surface area contributed by atoms with Gasteiger partial charge < -0.3 is 5.11 Å². The van der Waals surface area contributed by atoms with Gasteiger partial charge in [0.1, 0.15) is 0 Å². The molecule has 0 amide bonds. The van der Waals surface area contributed by atoms with Crippen molar-refractivity contribution in [3.05, 3.63) is 35.9 Å². The number of hydrogen-bond donors (Lipinski definition) is 2. The molecule has 1 aromatic rings. The molecule has 0 aliphatic carbocycles. The van der Waals surface area contributed by atoms with Gasteiger partial charge in [-0.15, -0.1) is 0 Å². The highest BCUT2D eigenvalue weighted by Crippen LogP contribution is 2.22. The van der Waals surface area contributed by atoms with Gasteiger partial charge in [-0.25, -0.2) is 13.1 Å². The maximum atomic E-state index is 12.4. The highest BCUT2D eigenvalue weighted by Gasteiger charge is 2.28. The largest absolute Gasteiger partial charge is 0.481 e. The third kappa shape index (κ3) is 8.09. The SMILES string of the molecule is CC(C)(CC#N)CS(=O)(=O)NC(CCC(=O)O)Cc1ccccc1. The Bertz CT molecular complexity index is 678. The van der Waals surface area contributed by atoms with Gasteiger partial charge in [0.15, 0.2) is 0 Å². The summed E-state index contributed by atoms with van der Waals surface area (Å²) < 4.78 is 27.4. The Balaban J connectivity index is 2.82. The quantitative estimate of drug-likeness (QED) is 0.672. The topological polar surface area (TPSA) is 107 Å². The van der Waals surface area contributed by atoms with Crippen LogP contribution >= 0.6 is 0 Å². The minimum absolute atomic E-state index is 0.110. The molecular formula is C17H24N2O4S. The molecule has 0 spiro atoms. The highest BCUT2D eigenvalue weighted by atomic mass is 32.2. The Morgan fingerprint density at radius 1 is 1.33 bits per heavy atom. The van der Waals surface area contributed by atoms with E-state index >= 15 is 0 Å². The van der Waals surface area contributed by atoms with Gasteiger partial charge in [-0.05, 0) is 23.8 Å². The summed E-state index contributed by atoms with van der Waals surface area (Å²) in [7, 11) is -3.62. The van der Waals surface area contributed by atoms with Crippen LogP contribution in [0.4, 0.5) is 0 Å². The Morgan fingerprint density at radius 3 is 2.50 bits per heavy atom. The van der Waals surface area contributed by atoms with Crippen LogP contribution in [0.3, 0.4) is 0 Å². The van der Waals surface area contributed by atoms with Crippen LogP contribution in [0.1, 0.15) is 38.7 Å². The van der Waals surface area contributed by atoms with E-state index in [0.29, 0.717) is 6.42 Å². The first-order valence-electron chi connectivity index (χ1n) is 7.76. The number of sulfonamides is 1. The Hall–Kier alpha value is -1.91. The molecule has 0 aliphatic heterocycles. The zero-order valence-corrected chi connectivity index (χ0v) is 14.8. The lowest BCUT2D eigenvalue weighted by atomic mass is 9.93. The summed E-state index contributed by atoms with van der Waals surface area (Å²) in [6.45, 7) is 3.44. The van der Waals surface area contributed by atoms with Crippen LogP contribution in [0, 0.1) is 16.7 Å². The fraction of sp³-hybridized carbons (Fsp3) is 0.529. The van der Waals surface area contributed by atoms with Gasteiger partial charge in [0, 0.05) is 18.9 Å². The number of nitrogens with zero attached hydrogens (tertiary/aromatic N) is 1. The maximum Gasteiger partial charge on any atom is 0.303 e. The summed E-state index contributed by atoms with van der Waals surface area (Å²) in [5, 5.41) is 17.7. The summed E-state index contributed by atoms with van der Waals surface area (Å²) >= 11 is 0. The van der Waals surface area contributed by atoms with E-state index in [4.69, 9.17) is 10.4 Å². The van der Waals surface area contributed by atoms with Crippen LogP contribution < -0.4 is 4.72 Å². The molecule has 0 heterocycles. The summed E-state index contributed by atoms with van der Waals surface area (Å²) in [5.74, 6) is -1.14. The minimum atomic E-state index is -3.62. The standard InChI is InChI=1S/C17H24N2O4S/c1-17(2,10-11-18)13-24(22,23)19-15(8-9-16(20)21)12-14-6-4-3-5-7-14/h3-7,15,19H,8-10,12-13H2,1-2H3,(H,20,21). The number of carboxylic acid groups (broad SMARTS) is 1. The van der Waals surface area contributed by atoms with Crippen molar-refractivity contribution in [1.82, 2.24) is 4.72 Å². The van der Waals surface area contributed by atoms with Gasteiger partial charge in [-0.1, -0.05) is 44.2 Å². The summed E-state index contributed by atoms with van der Waals surface area (Å²) in [6.07, 6.45) is 0.655. The molecule has 0 saturated carbocycles. The van der Waals surface area contributed by atoms with Crippen molar-refractivity contribution < 1.29 is 18.3 Å². The van der Waals surface area contributed by atoms with Crippen molar-refractivity contribution in [2.24, 2.45) is 5.41 Å².